The molecule has 0 spiro atoms. The van der Waals surface area contributed by atoms with Gasteiger partial charge in [-0.15, -0.1) is 0 Å². The lowest BCUT2D eigenvalue weighted by Crippen LogP contribution is -2.32. The molecule has 0 saturated carbocycles. The Morgan fingerprint density at radius 1 is 0.812 bits per heavy atom. The van der Waals surface area contributed by atoms with Crippen LogP contribution in [-0.2, 0) is 4.79 Å². The molecule has 0 aromatic heterocycles. The van der Waals surface area contributed by atoms with E-state index in [1.54, 1.807) is 48.5 Å². The summed E-state index contributed by atoms with van der Waals surface area (Å²) in [4.78, 5) is 36.1. The first-order chi connectivity index (χ1) is 15.4. The van der Waals surface area contributed by atoms with Crippen LogP contribution in [0.1, 0.15) is 31.8 Å². The number of aromatic hydroxyl groups is 1. The van der Waals surface area contributed by atoms with E-state index in [1.807, 2.05) is 0 Å². The largest absolute Gasteiger partial charge is 0.507 e. The summed E-state index contributed by atoms with van der Waals surface area (Å²) in [5.74, 6) is -2.32. The third kappa shape index (κ3) is 5.90. The van der Waals surface area contributed by atoms with Gasteiger partial charge in [0.15, 0.2) is 0 Å². The molecule has 32 heavy (non-hydrogen) atoms. The maximum absolute atomic E-state index is 12.7. The number of para-hydroxylation sites is 1. The van der Waals surface area contributed by atoms with Crippen LogP contribution < -0.4 is 10.7 Å². The maximum atomic E-state index is 12.7. The summed E-state index contributed by atoms with van der Waals surface area (Å²) in [6.45, 7) is 0. The third-order valence-corrected chi connectivity index (χ3v) is 4.30. The quantitative estimate of drug-likeness (QED) is 0.261. The zero-order valence-electron chi connectivity index (χ0n) is 16.7. The van der Waals surface area contributed by atoms with E-state index in [0.29, 0.717) is 16.7 Å². The first-order valence-corrected chi connectivity index (χ1v) is 9.47. The number of carboxylic acid groups (broad SMARTS) is 1. The molecule has 3 aromatic rings. The Morgan fingerprint density at radius 3 is 2.12 bits per heavy atom. The Bertz CT molecular complexity index is 1190. The van der Waals surface area contributed by atoms with Gasteiger partial charge in [-0.05, 0) is 42.0 Å². The SMILES string of the molecule is O=C(N/N=C/c1ccc(C(=O)O)cc1)/C(=C/c1ccccc1O)NC(=O)c1ccccc1. The summed E-state index contributed by atoms with van der Waals surface area (Å²) in [6.07, 6.45) is 2.67. The van der Waals surface area contributed by atoms with Crippen molar-refractivity contribution < 1.29 is 24.6 Å². The monoisotopic (exact) mass is 429 g/mol. The predicted octanol–water partition coefficient (Wildman–Crippen LogP) is 3.01. The molecule has 0 fully saturated rings. The lowest BCUT2D eigenvalue weighted by atomic mass is 10.1. The number of hydrazone groups is 1. The molecular formula is C24H19N3O5. The lowest BCUT2D eigenvalue weighted by molar-refractivity contribution is -0.117. The number of amides is 2. The van der Waals surface area contributed by atoms with Crippen LogP contribution in [0.5, 0.6) is 5.75 Å². The van der Waals surface area contributed by atoms with Crippen LogP contribution in [0.4, 0.5) is 0 Å². The van der Waals surface area contributed by atoms with Crippen molar-refractivity contribution in [2.45, 2.75) is 0 Å². The molecule has 0 radical (unpaired) electrons. The number of phenolic OH excluding ortho intramolecular Hbond substituents is 1. The van der Waals surface area contributed by atoms with E-state index in [2.05, 4.69) is 15.8 Å². The first-order valence-electron chi connectivity index (χ1n) is 9.47. The van der Waals surface area contributed by atoms with Crippen molar-refractivity contribution in [3.8, 4) is 5.75 Å². The van der Waals surface area contributed by atoms with E-state index in [4.69, 9.17) is 5.11 Å². The molecule has 0 saturated heterocycles. The molecule has 0 aliphatic carbocycles. The lowest BCUT2D eigenvalue weighted by Gasteiger charge is -2.09. The number of carboxylic acids is 1. The van der Waals surface area contributed by atoms with E-state index in [0.717, 1.165) is 0 Å². The molecule has 2 amide bonds. The van der Waals surface area contributed by atoms with Crippen molar-refractivity contribution in [3.05, 3.63) is 107 Å². The van der Waals surface area contributed by atoms with Gasteiger partial charge in [0.25, 0.3) is 11.8 Å². The number of rotatable bonds is 7. The number of hydrogen-bond acceptors (Lipinski definition) is 5. The van der Waals surface area contributed by atoms with Crippen LogP contribution in [0.3, 0.4) is 0 Å². The number of hydrogen-bond donors (Lipinski definition) is 4. The second-order valence-corrected chi connectivity index (χ2v) is 6.56. The standard InChI is InChI=1S/C24H19N3O5/c28-21-9-5-4-8-19(21)14-20(26-22(29)17-6-2-1-3-7-17)23(30)27-25-15-16-10-12-18(13-11-16)24(31)32/h1-15,28H,(H,26,29)(H,27,30)(H,31,32)/b20-14-,25-15+. The molecule has 0 bridgehead atoms. The Labute approximate surface area is 183 Å². The highest BCUT2D eigenvalue weighted by atomic mass is 16.4. The normalized spacial score (nSPS) is 11.2. The summed E-state index contributed by atoms with van der Waals surface area (Å²) in [5.41, 5.74) is 3.57. The number of carbonyl (C=O) groups is 3. The van der Waals surface area contributed by atoms with E-state index < -0.39 is 17.8 Å². The molecule has 160 valence electrons. The van der Waals surface area contributed by atoms with Crippen molar-refractivity contribution in [3.63, 3.8) is 0 Å². The van der Waals surface area contributed by atoms with Crippen LogP contribution in [-0.4, -0.2) is 34.2 Å². The van der Waals surface area contributed by atoms with Crippen LogP contribution in [0.2, 0.25) is 0 Å². The van der Waals surface area contributed by atoms with Gasteiger partial charge in [0.1, 0.15) is 11.4 Å². The number of nitrogens with one attached hydrogen (secondary N) is 2. The van der Waals surface area contributed by atoms with Crippen LogP contribution in [0.25, 0.3) is 6.08 Å². The second-order valence-electron chi connectivity index (χ2n) is 6.56. The van der Waals surface area contributed by atoms with E-state index in [-0.39, 0.29) is 17.0 Å². The molecular weight excluding hydrogens is 410 g/mol. The summed E-state index contributed by atoms with van der Waals surface area (Å²) in [5, 5.41) is 25.3. The maximum Gasteiger partial charge on any atom is 0.335 e. The fraction of sp³-hybridized carbons (Fsp3) is 0. The molecule has 3 rings (SSSR count). The van der Waals surface area contributed by atoms with Crippen LogP contribution in [0, 0.1) is 0 Å². The molecule has 3 aromatic carbocycles. The number of benzene rings is 3. The summed E-state index contributed by atoms with van der Waals surface area (Å²) >= 11 is 0. The molecule has 0 atom stereocenters. The Morgan fingerprint density at radius 2 is 1.47 bits per heavy atom. The molecule has 4 N–H and O–H groups in total. The van der Waals surface area contributed by atoms with Crippen molar-refractivity contribution in [1.82, 2.24) is 10.7 Å². The Balaban J connectivity index is 1.79. The van der Waals surface area contributed by atoms with Crippen LogP contribution >= 0.6 is 0 Å². The van der Waals surface area contributed by atoms with Crippen LogP contribution in [0.15, 0.2) is 89.7 Å². The van der Waals surface area contributed by atoms with Crippen molar-refractivity contribution in [1.29, 1.82) is 0 Å². The first kappa shape index (κ1) is 22.0. The number of nitrogens with zero attached hydrogens (tertiary/aromatic N) is 1. The molecule has 8 heteroatoms. The van der Waals surface area contributed by atoms with Gasteiger partial charge in [-0.3, -0.25) is 9.59 Å². The topological polar surface area (TPSA) is 128 Å². The van der Waals surface area contributed by atoms with Gasteiger partial charge in [-0.25, -0.2) is 10.2 Å². The molecule has 0 heterocycles. The van der Waals surface area contributed by atoms with Crippen molar-refractivity contribution in [2.24, 2.45) is 5.10 Å². The number of aromatic carboxylic acids is 1. The van der Waals surface area contributed by atoms with E-state index in [9.17, 15) is 19.5 Å². The highest BCUT2D eigenvalue weighted by molar-refractivity contribution is 6.05. The zero-order valence-corrected chi connectivity index (χ0v) is 16.7. The average Bonchev–Trinajstić information content (AvgIpc) is 2.80. The second kappa shape index (κ2) is 10.4. The van der Waals surface area contributed by atoms with Gasteiger partial charge in [0.2, 0.25) is 0 Å². The predicted molar refractivity (Wildman–Crippen MR) is 119 cm³/mol. The Hall–Kier alpha value is -4.72. The van der Waals surface area contributed by atoms with Gasteiger partial charge < -0.3 is 15.5 Å². The minimum atomic E-state index is -1.05. The number of phenols is 1. The average molecular weight is 429 g/mol. The fourth-order valence-electron chi connectivity index (χ4n) is 2.64. The van der Waals surface area contributed by atoms with E-state index in [1.165, 1.54) is 42.6 Å². The van der Waals surface area contributed by atoms with E-state index >= 15 is 0 Å². The van der Waals surface area contributed by atoms with Crippen molar-refractivity contribution >= 4 is 30.1 Å². The van der Waals surface area contributed by atoms with Gasteiger partial charge in [-0.2, -0.15) is 5.10 Å². The summed E-state index contributed by atoms with van der Waals surface area (Å²) in [6, 6.07) is 20.6. The molecule has 0 unspecified atom stereocenters. The Kier molecular flexibility index (Phi) is 7.11. The van der Waals surface area contributed by atoms with Gasteiger partial charge in [0, 0.05) is 11.1 Å². The van der Waals surface area contributed by atoms with Crippen molar-refractivity contribution in [2.75, 3.05) is 0 Å². The molecule has 8 nitrogen and oxygen atoms in total. The minimum absolute atomic E-state index is 0.0613. The fourth-order valence-corrected chi connectivity index (χ4v) is 2.64. The van der Waals surface area contributed by atoms with Gasteiger partial charge >= 0.3 is 5.97 Å². The van der Waals surface area contributed by atoms with Gasteiger partial charge in [-0.1, -0.05) is 48.5 Å². The third-order valence-electron chi connectivity index (χ3n) is 4.30. The number of carbonyl (C=O) groups excluding carboxylic acids is 2. The summed E-state index contributed by atoms with van der Waals surface area (Å²) in [7, 11) is 0. The summed E-state index contributed by atoms with van der Waals surface area (Å²) < 4.78 is 0. The highest BCUT2D eigenvalue weighted by Gasteiger charge is 2.15. The highest BCUT2D eigenvalue weighted by Crippen LogP contribution is 2.18. The smallest absolute Gasteiger partial charge is 0.335 e. The van der Waals surface area contributed by atoms with Gasteiger partial charge in [0.05, 0.1) is 11.8 Å². The minimum Gasteiger partial charge on any atom is -0.507 e. The molecule has 0 aliphatic heterocycles. The zero-order chi connectivity index (χ0) is 22.9. The molecule has 0 aliphatic rings.